The Kier molecular flexibility index (Phi) is 6.44. The van der Waals surface area contributed by atoms with Crippen molar-refractivity contribution in [1.82, 2.24) is 4.90 Å². The number of aryl methyl sites for hydroxylation is 1. The minimum Gasteiger partial charge on any atom is -0.469 e. The maximum Gasteiger partial charge on any atom is 0.307 e. The maximum absolute atomic E-state index is 12.3. The minimum absolute atomic E-state index is 0.154. The Morgan fingerprint density at radius 1 is 1.33 bits per heavy atom. The van der Waals surface area contributed by atoms with Crippen molar-refractivity contribution < 1.29 is 14.3 Å². The van der Waals surface area contributed by atoms with Crippen molar-refractivity contribution in [3.63, 3.8) is 0 Å². The molecule has 0 aromatic heterocycles. The lowest BCUT2D eigenvalue weighted by Crippen LogP contribution is -2.29. The molecule has 21 heavy (non-hydrogen) atoms. The molecule has 0 unspecified atom stereocenters. The molecule has 5 heteroatoms. The summed E-state index contributed by atoms with van der Waals surface area (Å²) in [7, 11) is 2.98. The first-order valence-corrected chi connectivity index (χ1v) is 6.61. The van der Waals surface area contributed by atoms with Gasteiger partial charge in [0.1, 0.15) is 0 Å². The van der Waals surface area contributed by atoms with Crippen LogP contribution in [0.25, 0.3) is 0 Å². The fraction of sp³-hybridized carbons (Fsp3) is 0.375. The van der Waals surface area contributed by atoms with Crippen LogP contribution in [0.1, 0.15) is 27.9 Å². The third-order valence-electron chi connectivity index (χ3n) is 2.88. The lowest BCUT2D eigenvalue weighted by atomic mass is 10.1. The van der Waals surface area contributed by atoms with Crippen LogP contribution in [-0.4, -0.2) is 44.0 Å². The molecule has 0 atom stereocenters. The molecule has 0 aliphatic rings. The highest BCUT2D eigenvalue weighted by Gasteiger charge is 2.14. The number of nitrogens with two attached hydrogens (primary N) is 1. The third kappa shape index (κ3) is 5.28. The number of benzene rings is 1. The minimum atomic E-state index is -0.339. The summed E-state index contributed by atoms with van der Waals surface area (Å²) in [5.41, 5.74) is 7.60. The highest BCUT2D eigenvalue weighted by molar-refractivity contribution is 5.94. The molecule has 0 heterocycles. The van der Waals surface area contributed by atoms with Gasteiger partial charge in [0.25, 0.3) is 5.91 Å². The number of nitrogens with zero attached hydrogens (tertiary/aromatic N) is 1. The van der Waals surface area contributed by atoms with E-state index < -0.39 is 0 Å². The molecule has 2 N–H and O–H groups in total. The quantitative estimate of drug-likeness (QED) is 0.661. The number of hydrogen-bond donors (Lipinski definition) is 1. The standard InChI is InChI=1S/C16H20N2O3/c1-12-9-13(5-4-7-17)11-14(10-12)16(20)18(2)8-6-15(19)21-3/h9-11H,6-8,17H2,1-3H3. The van der Waals surface area contributed by atoms with Gasteiger partial charge in [-0.25, -0.2) is 0 Å². The molecule has 1 rings (SSSR count). The second-order valence-corrected chi connectivity index (χ2v) is 4.65. The summed E-state index contributed by atoms with van der Waals surface area (Å²) < 4.78 is 4.56. The summed E-state index contributed by atoms with van der Waals surface area (Å²) in [5.74, 6) is 5.19. The van der Waals surface area contributed by atoms with Crippen molar-refractivity contribution in [3.8, 4) is 11.8 Å². The Labute approximate surface area is 125 Å². The average molecular weight is 288 g/mol. The Balaban J connectivity index is 2.86. The van der Waals surface area contributed by atoms with Gasteiger partial charge in [-0.15, -0.1) is 0 Å². The van der Waals surface area contributed by atoms with Crippen LogP contribution < -0.4 is 5.73 Å². The van der Waals surface area contributed by atoms with Gasteiger partial charge < -0.3 is 15.4 Å². The zero-order valence-corrected chi connectivity index (χ0v) is 12.6. The second kappa shape index (κ2) is 8.08. The number of rotatable bonds is 4. The van der Waals surface area contributed by atoms with Crippen LogP contribution >= 0.6 is 0 Å². The normalized spacial score (nSPS) is 9.52. The van der Waals surface area contributed by atoms with Gasteiger partial charge in [0, 0.05) is 24.7 Å². The van der Waals surface area contributed by atoms with Gasteiger partial charge in [0.2, 0.25) is 0 Å². The number of carbonyl (C=O) groups excluding carboxylic acids is 2. The fourth-order valence-corrected chi connectivity index (χ4v) is 1.81. The number of amides is 1. The summed E-state index contributed by atoms with van der Waals surface area (Å²) in [4.78, 5) is 24.9. The molecule has 0 saturated carbocycles. The molecule has 0 aliphatic heterocycles. The van der Waals surface area contributed by atoms with E-state index in [4.69, 9.17) is 5.73 Å². The van der Waals surface area contributed by atoms with Gasteiger partial charge in [-0.3, -0.25) is 9.59 Å². The third-order valence-corrected chi connectivity index (χ3v) is 2.88. The Bertz CT molecular complexity index is 585. The van der Waals surface area contributed by atoms with Gasteiger partial charge in [-0.1, -0.05) is 11.8 Å². The van der Waals surface area contributed by atoms with Crippen LogP contribution in [0.5, 0.6) is 0 Å². The summed E-state index contributed by atoms with van der Waals surface area (Å²) in [6, 6.07) is 5.42. The second-order valence-electron chi connectivity index (χ2n) is 4.65. The first kappa shape index (κ1) is 16.7. The van der Waals surface area contributed by atoms with Gasteiger partial charge in [0.05, 0.1) is 20.1 Å². The maximum atomic E-state index is 12.3. The van der Waals surface area contributed by atoms with Gasteiger partial charge in [0.15, 0.2) is 0 Å². The molecule has 0 fully saturated rings. The summed E-state index contributed by atoms with van der Waals surface area (Å²) in [6.07, 6.45) is 0.171. The van der Waals surface area contributed by atoms with Gasteiger partial charge >= 0.3 is 5.97 Å². The molecule has 0 saturated heterocycles. The summed E-state index contributed by atoms with van der Waals surface area (Å²) in [5, 5.41) is 0. The van der Waals surface area contributed by atoms with E-state index in [0.717, 1.165) is 11.1 Å². The molecule has 112 valence electrons. The Hall–Kier alpha value is -2.32. The van der Waals surface area contributed by atoms with E-state index in [-0.39, 0.29) is 24.8 Å². The molecular weight excluding hydrogens is 268 g/mol. The van der Waals surface area contributed by atoms with E-state index in [0.29, 0.717) is 12.1 Å². The summed E-state index contributed by atoms with van der Waals surface area (Å²) in [6.45, 7) is 2.48. The molecule has 0 bridgehead atoms. The molecular formula is C16H20N2O3. The van der Waals surface area contributed by atoms with Crippen molar-refractivity contribution in [2.24, 2.45) is 5.73 Å². The number of carbonyl (C=O) groups is 2. The molecule has 0 radical (unpaired) electrons. The van der Waals surface area contributed by atoms with E-state index >= 15 is 0 Å². The van der Waals surface area contributed by atoms with Crippen molar-refractivity contribution in [2.75, 3.05) is 27.2 Å². The molecule has 5 nitrogen and oxygen atoms in total. The monoisotopic (exact) mass is 288 g/mol. The number of methoxy groups -OCH3 is 1. The fourth-order valence-electron chi connectivity index (χ4n) is 1.81. The van der Waals surface area contributed by atoms with Gasteiger partial charge in [-0.05, 0) is 30.7 Å². The molecule has 0 spiro atoms. The predicted molar refractivity (Wildman–Crippen MR) is 80.7 cm³/mol. The molecule has 1 aromatic carbocycles. The van der Waals surface area contributed by atoms with Crippen molar-refractivity contribution in [2.45, 2.75) is 13.3 Å². The average Bonchev–Trinajstić information content (AvgIpc) is 2.48. The van der Waals surface area contributed by atoms with Crippen LogP contribution in [0.15, 0.2) is 18.2 Å². The zero-order valence-electron chi connectivity index (χ0n) is 12.6. The summed E-state index contributed by atoms with van der Waals surface area (Å²) >= 11 is 0. The van der Waals surface area contributed by atoms with Crippen molar-refractivity contribution in [3.05, 3.63) is 34.9 Å². The van der Waals surface area contributed by atoms with Crippen LogP contribution in [0.4, 0.5) is 0 Å². The Morgan fingerprint density at radius 2 is 2.05 bits per heavy atom. The van der Waals surface area contributed by atoms with Crippen LogP contribution in [0, 0.1) is 18.8 Å². The Morgan fingerprint density at radius 3 is 2.67 bits per heavy atom. The van der Waals surface area contributed by atoms with E-state index in [9.17, 15) is 9.59 Å². The zero-order chi connectivity index (χ0) is 15.8. The van der Waals surface area contributed by atoms with E-state index in [2.05, 4.69) is 16.6 Å². The first-order chi connectivity index (χ1) is 9.97. The number of esters is 1. The highest BCUT2D eigenvalue weighted by atomic mass is 16.5. The SMILES string of the molecule is COC(=O)CCN(C)C(=O)c1cc(C)cc(C#CCN)c1. The highest BCUT2D eigenvalue weighted by Crippen LogP contribution is 2.11. The topological polar surface area (TPSA) is 72.6 Å². The van der Waals surface area contributed by atoms with Crippen LogP contribution in [-0.2, 0) is 9.53 Å². The van der Waals surface area contributed by atoms with Crippen molar-refractivity contribution in [1.29, 1.82) is 0 Å². The van der Waals surface area contributed by atoms with E-state index in [1.54, 1.807) is 19.2 Å². The van der Waals surface area contributed by atoms with E-state index in [1.807, 2.05) is 13.0 Å². The van der Waals surface area contributed by atoms with Crippen LogP contribution in [0.2, 0.25) is 0 Å². The number of ether oxygens (including phenoxy) is 1. The van der Waals surface area contributed by atoms with Gasteiger partial charge in [-0.2, -0.15) is 0 Å². The molecule has 0 aliphatic carbocycles. The molecule has 1 amide bonds. The lowest BCUT2D eigenvalue weighted by Gasteiger charge is -2.17. The first-order valence-electron chi connectivity index (χ1n) is 6.61. The lowest BCUT2D eigenvalue weighted by molar-refractivity contribution is -0.140. The van der Waals surface area contributed by atoms with Crippen LogP contribution in [0.3, 0.4) is 0 Å². The smallest absolute Gasteiger partial charge is 0.307 e. The largest absolute Gasteiger partial charge is 0.469 e. The van der Waals surface area contributed by atoms with Crippen molar-refractivity contribution >= 4 is 11.9 Å². The predicted octanol–water partition coefficient (Wildman–Crippen LogP) is 0.940. The van der Waals surface area contributed by atoms with E-state index in [1.165, 1.54) is 12.0 Å². The number of hydrogen-bond acceptors (Lipinski definition) is 4. The molecule has 1 aromatic rings.